The average Bonchev–Trinajstić information content (AvgIpc) is 2.74. The van der Waals surface area contributed by atoms with Gasteiger partial charge in [-0.15, -0.1) is 0 Å². The van der Waals surface area contributed by atoms with Gasteiger partial charge >= 0.3 is 11.8 Å². The topological polar surface area (TPSA) is 79.8 Å². The van der Waals surface area contributed by atoms with Crippen LogP contribution in [0.3, 0.4) is 0 Å². The molecule has 86 valence electrons. The summed E-state index contributed by atoms with van der Waals surface area (Å²) in [5, 5.41) is 8.92. The summed E-state index contributed by atoms with van der Waals surface area (Å²) >= 11 is 0. The Kier molecular flexibility index (Phi) is 2.07. The second-order valence-electron chi connectivity index (χ2n) is 3.79. The minimum Gasteiger partial charge on any atom is -0.368 e. The number of carbonyl (C=O) groups excluding carboxylic acids is 2. The molecule has 0 spiro atoms. The summed E-state index contributed by atoms with van der Waals surface area (Å²) in [5.74, 6) is -1.36. The van der Waals surface area contributed by atoms with Crippen LogP contribution in [0.25, 0.3) is 0 Å². The minimum atomic E-state index is -0.698. The largest absolute Gasteiger partial charge is 0.368 e. The van der Waals surface area contributed by atoms with Crippen LogP contribution in [0.5, 0.6) is 0 Å². The summed E-state index contributed by atoms with van der Waals surface area (Å²) in [6.07, 6.45) is -0.615. The van der Waals surface area contributed by atoms with Crippen molar-refractivity contribution in [3.63, 3.8) is 0 Å². The van der Waals surface area contributed by atoms with Gasteiger partial charge in [0.2, 0.25) is 6.23 Å². The Bertz CT molecular complexity index is 512. The molecule has 1 aromatic rings. The predicted octanol–water partition coefficient (Wildman–Crippen LogP) is -0.638. The van der Waals surface area contributed by atoms with Gasteiger partial charge in [0.05, 0.1) is 0 Å². The molecule has 17 heavy (non-hydrogen) atoms. The summed E-state index contributed by atoms with van der Waals surface area (Å²) < 4.78 is 0. The Morgan fingerprint density at radius 2 is 1.76 bits per heavy atom. The Hall–Kier alpha value is -2.37. The lowest BCUT2D eigenvalue weighted by Gasteiger charge is -2.25. The zero-order valence-electron chi connectivity index (χ0n) is 8.71. The van der Waals surface area contributed by atoms with Crippen molar-refractivity contribution in [3.05, 3.63) is 35.9 Å². The summed E-state index contributed by atoms with van der Waals surface area (Å²) in [6.45, 7) is 0. The number of nitrogens with one attached hydrogen (secondary N) is 2. The van der Waals surface area contributed by atoms with Gasteiger partial charge in [0.25, 0.3) is 0 Å². The van der Waals surface area contributed by atoms with Crippen molar-refractivity contribution in [2.45, 2.75) is 12.3 Å². The number of carbonyl (C=O) groups is 2. The molecule has 0 radical (unpaired) electrons. The minimum absolute atomic E-state index is 0.428. The van der Waals surface area contributed by atoms with Crippen LogP contribution in [0.2, 0.25) is 0 Å². The lowest BCUT2D eigenvalue weighted by molar-refractivity contribution is -0.145. The Balaban J connectivity index is 1.90. The van der Waals surface area contributed by atoms with Gasteiger partial charge in [-0.05, 0) is 0 Å². The SMILES string of the molecule is O=C1NC2ON=C(c3ccccc3)C2NC1=O. The van der Waals surface area contributed by atoms with E-state index in [0.29, 0.717) is 5.71 Å². The molecule has 0 aliphatic carbocycles. The molecule has 1 aromatic carbocycles. The first-order valence-corrected chi connectivity index (χ1v) is 5.16. The van der Waals surface area contributed by atoms with Crippen molar-refractivity contribution in [3.8, 4) is 0 Å². The van der Waals surface area contributed by atoms with Crippen LogP contribution in [-0.4, -0.2) is 29.8 Å². The van der Waals surface area contributed by atoms with Crippen molar-refractivity contribution in [2.75, 3.05) is 0 Å². The first-order valence-electron chi connectivity index (χ1n) is 5.16. The maximum absolute atomic E-state index is 11.3. The van der Waals surface area contributed by atoms with Crippen molar-refractivity contribution >= 4 is 17.5 Å². The molecule has 2 N–H and O–H groups in total. The van der Waals surface area contributed by atoms with E-state index in [4.69, 9.17) is 4.84 Å². The van der Waals surface area contributed by atoms with Crippen molar-refractivity contribution < 1.29 is 14.4 Å². The van der Waals surface area contributed by atoms with Crippen LogP contribution in [0, 0.1) is 0 Å². The van der Waals surface area contributed by atoms with Crippen LogP contribution in [-0.2, 0) is 14.4 Å². The maximum Gasteiger partial charge on any atom is 0.312 e. The monoisotopic (exact) mass is 231 g/mol. The zero-order valence-corrected chi connectivity index (χ0v) is 8.71. The summed E-state index contributed by atoms with van der Waals surface area (Å²) in [6, 6.07) is 8.93. The number of oxime groups is 1. The molecular formula is C11H9N3O3. The molecule has 0 saturated carbocycles. The molecule has 2 atom stereocenters. The Morgan fingerprint density at radius 1 is 1.06 bits per heavy atom. The number of fused-ring (bicyclic) bond motifs is 1. The molecule has 2 unspecified atom stereocenters. The van der Waals surface area contributed by atoms with Crippen molar-refractivity contribution in [1.29, 1.82) is 0 Å². The standard InChI is InChI=1S/C11H9N3O3/c15-9-10(16)13-11-8(12-9)7(14-17-11)6-4-2-1-3-5-6/h1-5,8,11H,(H,12,15)(H,13,16). The fourth-order valence-corrected chi connectivity index (χ4v) is 1.87. The highest BCUT2D eigenvalue weighted by molar-refractivity contribution is 6.36. The quantitative estimate of drug-likeness (QED) is 0.631. The number of hydrogen-bond acceptors (Lipinski definition) is 4. The van der Waals surface area contributed by atoms with Gasteiger partial charge in [0.1, 0.15) is 11.8 Å². The second-order valence-corrected chi connectivity index (χ2v) is 3.79. The highest BCUT2D eigenvalue weighted by Gasteiger charge is 2.42. The Labute approximate surface area is 96.6 Å². The number of nitrogens with zero attached hydrogens (tertiary/aromatic N) is 1. The number of piperazine rings is 1. The lowest BCUT2D eigenvalue weighted by atomic mass is 10.0. The molecule has 6 nitrogen and oxygen atoms in total. The molecule has 3 rings (SSSR count). The fourth-order valence-electron chi connectivity index (χ4n) is 1.87. The van der Waals surface area contributed by atoms with Gasteiger partial charge in [0, 0.05) is 5.56 Å². The second kappa shape index (κ2) is 3.58. The number of benzene rings is 1. The van der Waals surface area contributed by atoms with Crippen LogP contribution in [0.4, 0.5) is 0 Å². The molecule has 0 bridgehead atoms. The van der Waals surface area contributed by atoms with Crippen LogP contribution >= 0.6 is 0 Å². The number of amides is 2. The summed E-state index contributed by atoms with van der Waals surface area (Å²) in [4.78, 5) is 27.5. The van der Waals surface area contributed by atoms with E-state index < -0.39 is 24.1 Å². The average molecular weight is 231 g/mol. The van der Waals surface area contributed by atoms with E-state index >= 15 is 0 Å². The molecule has 2 aliphatic rings. The first-order chi connectivity index (χ1) is 8.25. The molecule has 0 aromatic heterocycles. The van der Waals surface area contributed by atoms with Crippen LogP contribution in [0.15, 0.2) is 35.5 Å². The normalized spacial score (nSPS) is 26.5. The Morgan fingerprint density at radius 3 is 2.53 bits per heavy atom. The van der Waals surface area contributed by atoms with E-state index in [9.17, 15) is 9.59 Å². The first kappa shape index (κ1) is 9.83. The number of hydrogen-bond donors (Lipinski definition) is 2. The molecule has 2 amide bonds. The highest BCUT2D eigenvalue weighted by atomic mass is 16.7. The van der Waals surface area contributed by atoms with Crippen LogP contribution in [0.1, 0.15) is 5.56 Å². The maximum atomic E-state index is 11.3. The number of rotatable bonds is 1. The summed E-state index contributed by atoms with van der Waals surface area (Å²) in [7, 11) is 0. The third-order valence-electron chi connectivity index (χ3n) is 2.70. The molecule has 6 heteroatoms. The van der Waals surface area contributed by atoms with E-state index in [2.05, 4.69) is 15.8 Å². The fraction of sp³-hybridized carbons (Fsp3) is 0.182. The van der Waals surface area contributed by atoms with Crippen LogP contribution < -0.4 is 10.6 Å². The third-order valence-corrected chi connectivity index (χ3v) is 2.70. The van der Waals surface area contributed by atoms with E-state index in [-0.39, 0.29) is 0 Å². The third kappa shape index (κ3) is 1.54. The highest BCUT2D eigenvalue weighted by Crippen LogP contribution is 2.17. The molecule has 2 aliphatic heterocycles. The zero-order chi connectivity index (χ0) is 11.8. The molecule has 1 saturated heterocycles. The van der Waals surface area contributed by atoms with E-state index in [1.165, 1.54) is 0 Å². The lowest BCUT2D eigenvalue weighted by Crippen LogP contribution is -2.62. The van der Waals surface area contributed by atoms with Gasteiger partial charge in [-0.3, -0.25) is 9.59 Å². The van der Waals surface area contributed by atoms with E-state index in [0.717, 1.165) is 5.56 Å². The van der Waals surface area contributed by atoms with Crippen molar-refractivity contribution in [2.24, 2.45) is 5.16 Å². The predicted molar refractivity (Wildman–Crippen MR) is 57.9 cm³/mol. The van der Waals surface area contributed by atoms with Gasteiger partial charge in [0.15, 0.2) is 0 Å². The van der Waals surface area contributed by atoms with Gasteiger partial charge in [-0.2, -0.15) is 0 Å². The van der Waals surface area contributed by atoms with Gasteiger partial charge < -0.3 is 15.5 Å². The van der Waals surface area contributed by atoms with Crippen molar-refractivity contribution in [1.82, 2.24) is 10.6 Å². The van der Waals surface area contributed by atoms with E-state index in [1.54, 1.807) is 0 Å². The van der Waals surface area contributed by atoms with Gasteiger partial charge in [-0.25, -0.2) is 0 Å². The molecular weight excluding hydrogens is 222 g/mol. The molecule has 1 fully saturated rings. The smallest absolute Gasteiger partial charge is 0.312 e. The van der Waals surface area contributed by atoms with Gasteiger partial charge in [-0.1, -0.05) is 35.5 Å². The summed E-state index contributed by atoms with van der Waals surface area (Å²) in [5.41, 5.74) is 1.47. The molecule has 2 heterocycles. The van der Waals surface area contributed by atoms with E-state index in [1.807, 2.05) is 30.3 Å².